The SMILES string of the molecule is COc1ccc(NC(=O)CCCn2c(=O)oc3cc([N+](=O)[O-])ccc32)cc1Cl. The normalized spacial score (nSPS) is 10.8. The number of hydrogen-bond donors (Lipinski definition) is 1. The topological polar surface area (TPSA) is 117 Å². The maximum Gasteiger partial charge on any atom is 0.419 e. The lowest BCUT2D eigenvalue weighted by atomic mass is 10.2. The van der Waals surface area contributed by atoms with Gasteiger partial charge in [-0.25, -0.2) is 4.79 Å². The number of fused-ring (bicyclic) bond motifs is 1. The summed E-state index contributed by atoms with van der Waals surface area (Å²) in [5, 5.41) is 13.9. The van der Waals surface area contributed by atoms with Crippen molar-refractivity contribution in [2.45, 2.75) is 19.4 Å². The monoisotopic (exact) mass is 405 g/mol. The number of carbonyl (C=O) groups is 1. The summed E-state index contributed by atoms with van der Waals surface area (Å²) in [5.41, 5.74) is 0.953. The molecule has 28 heavy (non-hydrogen) atoms. The van der Waals surface area contributed by atoms with Crippen molar-refractivity contribution in [1.29, 1.82) is 0 Å². The fourth-order valence-electron chi connectivity index (χ4n) is 2.75. The molecule has 0 saturated heterocycles. The molecule has 0 fully saturated rings. The van der Waals surface area contributed by atoms with Crippen molar-refractivity contribution in [3.05, 3.63) is 62.1 Å². The van der Waals surface area contributed by atoms with Gasteiger partial charge in [0.1, 0.15) is 5.75 Å². The van der Waals surface area contributed by atoms with Crippen LogP contribution in [0.2, 0.25) is 5.02 Å². The Morgan fingerprint density at radius 3 is 2.79 bits per heavy atom. The highest BCUT2D eigenvalue weighted by Crippen LogP contribution is 2.27. The van der Waals surface area contributed by atoms with E-state index in [1.165, 1.54) is 29.9 Å². The number of nitro groups is 1. The Morgan fingerprint density at radius 2 is 2.11 bits per heavy atom. The van der Waals surface area contributed by atoms with Gasteiger partial charge in [0.15, 0.2) is 5.58 Å². The minimum absolute atomic E-state index is 0.136. The first-order valence-corrected chi connectivity index (χ1v) is 8.68. The first-order valence-electron chi connectivity index (χ1n) is 8.30. The maximum atomic E-state index is 12.1. The van der Waals surface area contributed by atoms with Crippen LogP contribution < -0.4 is 15.8 Å². The summed E-state index contributed by atoms with van der Waals surface area (Å²) in [6.45, 7) is 0.237. The van der Waals surface area contributed by atoms with Crippen LogP contribution in [0.15, 0.2) is 45.6 Å². The van der Waals surface area contributed by atoms with E-state index in [2.05, 4.69) is 5.32 Å². The Balaban J connectivity index is 1.62. The van der Waals surface area contributed by atoms with Gasteiger partial charge in [-0.2, -0.15) is 0 Å². The van der Waals surface area contributed by atoms with E-state index in [0.29, 0.717) is 28.4 Å². The van der Waals surface area contributed by atoms with Crippen LogP contribution in [0.25, 0.3) is 11.1 Å². The smallest absolute Gasteiger partial charge is 0.419 e. The van der Waals surface area contributed by atoms with Gasteiger partial charge in [0.25, 0.3) is 5.69 Å². The number of carbonyl (C=O) groups excluding carboxylic acids is 1. The number of non-ortho nitro benzene ring substituents is 1. The van der Waals surface area contributed by atoms with Gasteiger partial charge in [-0.15, -0.1) is 0 Å². The lowest BCUT2D eigenvalue weighted by Gasteiger charge is -2.08. The Kier molecular flexibility index (Phi) is 5.65. The van der Waals surface area contributed by atoms with Crippen LogP contribution >= 0.6 is 11.6 Å². The van der Waals surface area contributed by atoms with E-state index in [1.807, 2.05) is 0 Å². The van der Waals surface area contributed by atoms with Gasteiger partial charge in [0.05, 0.1) is 28.6 Å². The lowest BCUT2D eigenvalue weighted by molar-refractivity contribution is -0.384. The molecule has 1 aromatic heterocycles. The van der Waals surface area contributed by atoms with Gasteiger partial charge in [-0.1, -0.05) is 11.6 Å². The molecule has 3 rings (SSSR count). The number of amides is 1. The summed E-state index contributed by atoms with van der Waals surface area (Å²) < 4.78 is 11.5. The van der Waals surface area contributed by atoms with Gasteiger partial charge < -0.3 is 14.5 Å². The van der Waals surface area contributed by atoms with E-state index in [4.69, 9.17) is 20.8 Å². The Morgan fingerprint density at radius 1 is 1.32 bits per heavy atom. The molecular formula is C18H16ClN3O6. The fourth-order valence-corrected chi connectivity index (χ4v) is 3.00. The summed E-state index contributed by atoms with van der Waals surface area (Å²) in [6.07, 6.45) is 0.539. The Hall–Kier alpha value is -3.33. The first-order chi connectivity index (χ1) is 13.4. The molecule has 1 amide bonds. The highest BCUT2D eigenvalue weighted by atomic mass is 35.5. The maximum absolute atomic E-state index is 12.1. The lowest BCUT2D eigenvalue weighted by Crippen LogP contribution is -2.17. The standard InChI is InChI=1S/C18H16ClN3O6/c1-27-15-7-4-11(9-13(15)19)20-17(23)3-2-8-21-14-6-5-12(22(25)26)10-16(14)28-18(21)24/h4-7,9-10H,2-3,8H2,1H3,(H,20,23). The van der Waals surface area contributed by atoms with Gasteiger partial charge in [-0.3, -0.25) is 19.5 Å². The summed E-state index contributed by atoms with van der Waals surface area (Å²) in [7, 11) is 1.50. The molecule has 0 spiro atoms. The number of benzene rings is 2. The van der Waals surface area contributed by atoms with E-state index in [0.717, 1.165) is 0 Å². The van der Waals surface area contributed by atoms with Gasteiger partial charge in [0, 0.05) is 24.7 Å². The van der Waals surface area contributed by atoms with E-state index < -0.39 is 10.7 Å². The third-order valence-electron chi connectivity index (χ3n) is 4.08. The first kappa shape index (κ1) is 19.4. The number of nitrogens with zero attached hydrogens (tertiary/aromatic N) is 2. The highest BCUT2D eigenvalue weighted by molar-refractivity contribution is 6.32. The summed E-state index contributed by atoms with van der Waals surface area (Å²) in [5.74, 6) is -0.360. The molecule has 0 radical (unpaired) electrons. The van der Waals surface area contributed by atoms with Crippen LogP contribution in [0, 0.1) is 10.1 Å². The second-order valence-electron chi connectivity index (χ2n) is 5.93. The fraction of sp³-hybridized carbons (Fsp3) is 0.222. The molecule has 1 N–H and O–H groups in total. The predicted molar refractivity (Wildman–Crippen MR) is 103 cm³/mol. The molecule has 3 aromatic rings. The van der Waals surface area contributed by atoms with Crippen molar-refractivity contribution in [3.63, 3.8) is 0 Å². The molecule has 0 aliphatic heterocycles. The van der Waals surface area contributed by atoms with Gasteiger partial charge in [-0.05, 0) is 30.7 Å². The van der Waals surface area contributed by atoms with Gasteiger partial charge in [0.2, 0.25) is 5.91 Å². The van der Waals surface area contributed by atoms with Crippen LogP contribution in [-0.2, 0) is 11.3 Å². The molecule has 10 heteroatoms. The Labute approximate surface area is 163 Å². The summed E-state index contributed by atoms with van der Waals surface area (Å²) >= 11 is 6.02. The molecule has 0 saturated carbocycles. The van der Waals surface area contributed by atoms with Crippen LogP contribution in [0.5, 0.6) is 5.75 Å². The minimum Gasteiger partial charge on any atom is -0.495 e. The molecule has 0 atom stereocenters. The third-order valence-corrected chi connectivity index (χ3v) is 4.38. The van der Waals surface area contributed by atoms with E-state index in [1.54, 1.807) is 18.2 Å². The van der Waals surface area contributed by atoms with Crippen molar-refractivity contribution in [3.8, 4) is 5.75 Å². The van der Waals surface area contributed by atoms with Crippen molar-refractivity contribution >= 4 is 40.0 Å². The van der Waals surface area contributed by atoms with Crippen molar-refractivity contribution in [1.82, 2.24) is 4.57 Å². The average Bonchev–Trinajstić information content (AvgIpc) is 2.96. The average molecular weight is 406 g/mol. The molecule has 146 valence electrons. The van der Waals surface area contributed by atoms with Crippen LogP contribution in [0.1, 0.15) is 12.8 Å². The summed E-state index contributed by atoms with van der Waals surface area (Å²) in [6, 6.07) is 8.86. The quantitative estimate of drug-likeness (QED) is 0.474. The highest BCUT2D eigenvalue weighted by Gasteiger charge is 2.14. The van der Waals surface area contributed by atoms with E-state index in [9.17, 15) is 19.7 Å². The number of oxazole rings is 1. The summed E-state index contributed by atoms with van der Waals surface area (Å²) in [4.78, 5) is 34.3. The van der Waals surface area contributed by atoms with Crippen molar-refractivity contribution in [2.75, 3.05) is 12.4 Å². The molecule has 0 bridgehead atoms. The number of halogens is 1. The number of ether oxygens (including phenoxy) is 1. The number of methoxy groups -OCH3 is 1. The van der Waals surface area contributed by atoms with Crippen molar-refractivity contribution in [2.24, 2.45) is 0 Å². The minimum atomic E-state index is -0.627. The number of aryl methyl sites for hydroxylation is 1. The number of aromatic nitrogens is 1. The zero-order chi connectivity index (χ0) is 20.3. The molecule has 0 unspecified atom stereocenters. The number of nitrogens with one attached hydrogen (secondary N) is 1. The molecule has 2 aromatic carbocycles. The molecule has 1 heterocycles. The van der Waals surface area contributed by atoms with E-state index in [-0.39, 0.29) is 30.1 Å². The van der Waals surface area contributed by atoms with Crippen LogP contribution in [0.3, 0.4) is 0 Å². The number of nitro benzene ring substituents is 1. The number of anilines is 1. The largest absolute Gasteiger partial charge is 0.495 e. The number of rotatable bonds is 7. The zero-order valence-electron chi connectivity index (χ0n) is 14.8. The number of hydrogen-bond acceptors (Lipinski definition) is 6. The second-order valence-corrected chi connectivity index (χ2v) is 6.34. The Bertz CT molecular complexity index is 1100. The van der Waals surface area contributed by atoms with Crippen molar-refractivity contribution < 1.29 is 18.9 Å². The van der Waals surface area contributed by atoms with Crippen LogP contribution in [0.4, 0.5) is 11.4 Å². The predicted octanol–water partition coefficient (Wildman–Crippen LogP) is 3.58. The van der Waals surface area contributed by atoms with Gasteiger partial charge >= 0.3 is 5.76 Å². The molecular weight excluding hydrogens is 390 g/mol. The molecule has 0 aliphatic carbocycles. The molecule has 9 nitrogen and oxygen atoms in total. The van der Waals surface area contributed by atoms with E-state index >= 15 is 0 Å². The van der Waals surface area contributed by atoms with Crippen LogP contribution in [-0.4, -0.2) is 22.5 Å². The second kappa shape index (κ2) is 8.13. The zero-order valence-corrected chi connectivity index (χ0v) is 15.6. The third kappa shape index (κ3) is 4.15. The molecule has 0 aliphatic rings.